The van der Waals surface area contributed by atoms with E-state index < -0.39 is 0 Å². The van der Waals surface area contributed by atoms with Crippen molar-refractivity contribution >= 4 is 17.7 Å². The number of fused-ring (bicyclic) bond motifs is 1. The van der Waals surface area contributed by atoms with E-state index in [4.69, 9.17) is 0 Å². The fraction of sp³-hybridized carbons (Fsp3) is 0.471. The topological polar surface area (TPSA) is 66.5 Å². The number of carbonyl (C=O) groups excluding carboxylic acids is 3. The summed E-state index contributed by atoms with van der Waals surface area (Å²) in [4.78, 5) is 37.9. The Balaban J connectivity index is 2.20. The number of rotatable bonds is 6. The van der Waals surface area contributed by atoms with Crippen molar-refractivity contribution in [3.8, 4) is 0 Å². The zero-order chi connectivity index (χ0) is 16.3. The lowest BCUT2D eigenvalue weighted by Gasteiger charge is -2.12. The van der Waals surface area contributed by atoms with E-state index in [2.05, 4.69) is 5.32 Å². The summed E-state index contributed by atoms with van der Waals surface area (Å²) in [5.41, 5.74) is 1.14. The summed E-state index contributed by atoms with van der Waals surface area (Å²) < 4.78 is 0. The van der Waals surface area contributed by atoms with E-state index in [0.29, 0.717) is 35.7 Å². The van der Waals surface area contributed by atoms with Crippen LogP contribution in [0.25, 0.3) is 0 Å². The van der Waals surface area contributed by atoms with Crippen LogP contribution in [-0.4, -0.2) is 35.7 Å². The Bertz CT molecular complexity index is 608. The maximum atomic E-state index is 12.3. The first-order chi connectivity index (χ1) is 10.5. The molecule has 2 rings (SSSR count). The van der Waals surface area contributed by atoms with Crippen molar-refractivity contribution in [2.24, 2.45) is 5.92 Å². The summed E-state index contributed by atoms with van der Waals surface area (Å²) >= 11 is 0. The second kappa shape index (κ2) is 6.73. The number of hydrogen-bond donors (Lipinski definition) is 1. The minimum Gasteiger partial charge on any atom is -0.352 e. The zero-order valence-corrected chi connectivity index (χ0v) is 13.3. The number of nitrogens with zero attached hydrogens (tertiary/aromatic N) is 1. The molecular weight excluding hydrogens is 280 g/mol. The molecule has 0 aliphatic carbocycles. The van der Waals surface area contributed by atoms with Gasteiger partial charge >= 0.3 is 0 Å². The molecule has 118 valence electrons. The molecule has 0 radical (unpaired) electrons. The van der Waals surface area contributed by atoms with Crippen LogP contribution in [0.3, 0.4) is 0 Å². The maximum Gasteiger partial charge on any atom is 0.261 e. The summed E-state index contributed by atoms with van der Waals surface area (Å²) in [5, 5.41) is 2.81. The Morgan fingerprint density at radius 1 is 1.18 bits per heavy atom. The lowest BCUT2D eigenvalue weighted by molar-refractivity contribution is 0.0652. The summed E-state index contributed by atoms with van der Waals surface area (Å²) in [6.45, 7) is 7.03. The van der Waals surface area contributed by atoms with Crippen LogP contribution >= 0.6 is 0 Å². The molecule has 1 heterocycles. The largest absolute Gasteiger partial charge is 0.352 e. The van der Waals surface area contributed by atoms with Crippen molar-refractivity contribution < 1.29 is 14.4 Å². The Hall–Kier alpha value is -2.17. The van der Waals surface area contributed by atoms with Gasteiger partial charge in [-0.1, -0.05) is 27.2 Å². The van der Waals surface area contributed by atoms with Crippen molar-refractivity contribution in [1.29, 1.82) is 0 Å². The molecule has 0 aromatic heterocycles. The lowest BCUT2D eigenvalue weighted by Crippen LogP contribution is -2.30. The van der Waals surface area contributed by atoms with Gasteiger partial charge in [-0.2, -0.15) is 0 Å². The molecule has 3 amide bonds. The molecule has 5 heteroatoms. The van der Waals surface area contributed by atoms with E-state index in [1.807, 2.05) is 20.8 Å². The molecule has 0 unspecified atom stereocenters. The van der Waals surface area contributed by atoms with E-state index in [-0.39, 0.29) is 17.7 Å². The molecular formula is C17H22N2O3. The predicted molar refractivity (Wildman–Crippen MR) is 83.9 cm³/mol. The number of hydrogen-bond acceptors (Lipinski definition) is 3. The van der Waals surface area contributed by atoms with Crippen LogP contribution in [0.1, 0.15) is 64.7 Å². The van der Waals surface area contributed by atoms with Gasteiger partial charge in [-0.3, -0.25) is 19.3 Å². The highest BCUT2D eigenvalue weighted by molar-refractivity contribution is 6.22. The molecule has 1 aromatic carbocycles. The molecule has 0 atom stereocenters. The van der Waals surface area contributed by atoms with Gasteiger partial charge in [-0.25, -0.2) is 0 Å². The SMILES string of the molecule is CCCCN1C(=O)c2ccc(C(=O)NCC(C)C)cc2C1=O. The molecule has 0 fully saturated rings. The van der Waals surface area contributed by atoms with Gasteiger partial charge in [-0.15, -0.1) is 0 Å². The third-order valence-electron chi connectivity index (χ3n) is 3.64. The molecule has 1 aliphatic rings. The number of benzene rings is 1. The van der Waals surface area contributed by atoms with Crippen LogP contribution in [0.15, 0.2) is 18.2 Å². The molecule has 0 bridgehead atoms. The number of carbonyl (C=O) groups is 3. The summed E-state index contributed by atoms with van der Waals surface area (Å²) in [6.07, 6.45) is 1.70. The fourth-order valence-electron chi connectivity index (χ4n) is 2.35. The van der Waals surface area contributed by atoms with Crippen LogP contribution in [0, 0.1) is 5.92 Å². The van der Waals surface area contributed by atoms with Crippen LogP contribution < -0.4 is 5.32 Å². The average Bonchev–Trinajstić information content (AvgIpc) is 2.74. The van der Waals surface area contributed by atoms with Gasteiger partial charge in [0.2, 0.25) is 0 Å². The standard InChI is InChI=1S/C17H22N2O3/c1-4-5-8-19-16(21)13-7-6-12(9-14(13)17(19)22)15(20)18-10-11(2)3/h6-7,9,11H,4-5,8,10H2,1-3H3,(H,18,20). The number of imide groups is 1. The smallest absolute Gasteiger partial charge is 0.261 e. The average molecular weight is 302 g/mol. The third kappa shape index (κ3) is 3.18. The highest BCUT2D eigenvalue weighted by Crippen LogP contribution is 2.24. The number of nitrogens with one attached hydrogen (secondary N) is 1. The van der Waals surface area contributed by atoms with E-state index in [1.54, 1.807) is 12.1 Å². The molecule has 5 nitrogen and oxygen atoms in total. The predicted octanol–water partition coefficient (Wildman–Crippen LogP) is 2.47. The zero-order valence-electron chi connectivity index (χ0n) is 13.3. The Morgan fingerprint density at radius 3 is 2.50 bits per heavy atom. The molecule has 1 aromatic rings. The van der Waals surface area contributed by atoms with Gasteiger partial charge in [0.15, 0.2) is 0 Å². The van der Waals surface area contributed by atoms with Crippen molar-refractivity contribution in [3.05, 3.63) is 34.9 Å². The maximum absolute atomic E-state index is 12.3. The van der Waals surface area contributed by atoms with Crippen molar-refractivity contribution in [2.75, 3.05) is 13.1 Å². The monoisotopic (exact) mass is 302 g/mol. The first-order valence-electron chi connectivity index (χ1n) is 7.74. The third-order valence-corrected chi connectivity index (χ3v) is 3.64. The summed E-state index contributed by atoms with van der Waals surface area (Å²) in [7, 11) is 0. The number of amides is 3. The van der Waals surface area contributed by atoms with E-state index in [9.17, 15) is 14.4 Å². The van der Waals surface area contributed by atoms with E-state index >= 15 is 0 Å². The minimum atomic E-state index is -0.299. The molecule has 1 N–H and O–H groups in total. The van der Waals surface area contributed by atoms with Gasteiger partial charge in [0.05, 0.1) is 11.1 Å². The van der Waals surface area contributed by atoms with Gasteiger partial charge in [0.1, 0.15) is 0 Å². The lowest BCUT2D eigenvalue weighted by atomic mass is 10.1. The second-order valence-corrected chi connectivity index (χ2v) is 5.98. The molecule has 0 spiro atoms. The fourth-order valence-corrected chi connectivity index (χ4v) is 2.35. The Morgan fingerprint density at radius 2 is 1.86 bits per heavy atom. The van der Waals surface area contributed by atoms with Gasteiger partial charge in [0.25, 0.3) is 17.7 Å². The molecule has 0 saturated carbocycles. The molecule has 0 saturated heterocycles. The van der Waals surface area contributed by atoms with Gasteiger partial charge in [-0.05, 0) is 30.5 Å². The van der Waals surface area contributed by atoms with Crippen LogP contribution in [0.4, 0.5) is 0 Å². The Labute approximate surface area is 130 Å². The first kappa shape index (κ1) is 16.2. The van der Waals surface area contributed by atoms with E-state index in [1.165, 1.54) is 11.0 Å². The quantitative estimate of drug-likeness (QED) is 0.821. The first-order valence-corrected chi connectivity index (χ1v) is 7.74. The summed E-state index contributed by atoms with van der Waals surface area (Å²) in [6, 6.07) is 4.70. The number of unbranched alkanes of at least 4 members (excludes halogenated alkanes) is 1. The van der Waals surface area contributed by atoms with Crippen LogP contribution in [-0.2, 0) is 0 Å². The highest BCUT2D eigenvalue weighted by atomic mass is 16.2. The highest BCUT2D eigenvalue weighted by Gasteiger charge is 2.35. The van der Waals surface area contributed by atoms with Crippen molar-refractivity contribution in [2.45, 2.75) is 33.6 Å². The van der Waals surface area contributed by atoms with Crippen molar-refractivity contribution in [3.63, 3.8) is 0 Å². The van der Waals surface area contributed by atoms with Gasteiger partial charge in [0, 0.05) is 18.7 Å². The van der Waals surface area contributed by atoms with Crippen molar-refractivity contribution in [1.82, 2.24) is 10.2 Å². The van der Waals surface area contributed by atoms with Crippen LogP contribution in [0.5, 0.6) is 0 Å². The van der Waals surface area contributed by atoms with Crippen LogP contribution in [0.2, 0.25) is 0 Å². The van der Waals surface area contributed by atoms with Gasteiger partial charge < -0.3 is 5.32 Å². The Kier molecular flexibility index (Phi) is 4.96. The van der Waals surface area contributed by atoms with E-state index in [0.717, 1.165) is 12.8 Å². The minimum absolute atomic E-state index is 0.219. The molecule has 1 aliphatic heterocycles. The normalized spacial score (nSPS) is 13.7. The summed E-state index contributed by atoms with van der Waals surface area (Å²) in [5.74, 6) is -0.426. The second-order valence-electron chi connectivity index (χ2n) is 5.98. The molecule has 22 heavy (non-hydrogen) atoms.